The third kappa shape index (κ3) is 4.24. The predicted molar refractivity (Wildman–Crippen MR) is 70.1 cm³/mol. The molecule has 2 amide bonds. The van der Waals surface area contributed by atoms with E-state index in [0.29, 0.717) is 6.42 Å². The van der Waals surface area contributed by atoms with Crippen molar-refractivity contribution in [2.45, 2.75) is 19.4 Å². The van der Waals surface area contributed by atoms with Crippen molar-refractivity contribution in [3.05, 3.63) is 23.8 Å². The Morgan fingerprint density at radius 2 is 2.16 bits per heavy atom. The van der Waals surface area contributed by atoms with Crippen LogP contribution in [0.25, 0.3) is 0 Å². The molecule has 19 heavy (non-hydrogen) atoms. The van der Waals surface area contributed by atoms with Crippen LogP contribution in [0, 0.1) is 12.3 Å². The van der Waals surface area contributed by atoms with E-state index in [9.17, 15) is 14.7 Å². The van der Waals surface area contributed by atoms with Gasteiger partial charge in [0, 0.05) is 12.5 Å². The lowest BCUT2D eigenvalue weighted by atomic mass is 10.1. The van der Waals surface area contributed by atoms with Crippen LogP contribution in [0.2, 0.25) is 0 Å². The monoisotopic (exact) mass is 262 g/mol. The zero-order chi connectivity index (χ0) is 14.4. The SMILES string of the molecule is C#CCC(C)NC(=O)Nc1ccc(O)cc1C(=O)O. The van der Waals surface area contributed by atoms with Gasteiger partial charge in [0.25, 0.3) is 0 Å². The molecule has 0 saturated carbocycles. The number of benzene rings is 1. The van der Waals surface area contributed by atoms with Gasteiger partial charge in [-0.3, -0.25) is 0 Å². The topological polar surface area (TPSA) is 98.7 Å². The van der Waals surface area contributed by atoms with Crippen LogP contribution in [-0.2, 0) is 0 Å². The minimum absolute atomic E-state index is 0.0932. The van der Waals surface area contributed by atoms with E-state index >= 15 is 0 Å². The lowest BCUT2D eigenvalue weighted by Crippen LogP contribution is -2.36. The second-order valence-electron chi connectivity index (χ2n) is 3.94. The molecule has 0 saturated heterocycles. The summed E-state index contributed by atoms with van der Waals surface area (Å²) in [5.41, 5.74) is -0.101. The summed E-state index contributed by atoms with van der Waals surface area (Å²) in [6.45, 7) is 1.73. The van der Waals surface area contributed by atoms with Crippen molar-refractivity contribution in [3.8, 4) is 18.1 Å². The molecule has 0 aliphatic carbocycles. The van der Waals surface area contributed by atoms with Crippen LogP contribution < -0.4 is 10.6 Å². The Morgan fingerprint density at radius 3 is 2.74 bits per heavy atom. The summed E-state index contributed by atoms with van der Waals surface area (Å²) >= 11 is 0. The number of carboxylic acid groups (broad SMARTS) is 1. The molecule has 0 aromatic heterocycles. The molecule has 1 atom stereocenters. The Kier molecular flexibility index (Phi) is 4.77. The minimum Gasteiger partial charge on any atom is -0.508 e. The zero-order valence-electron chi connectivity index (χ0n) is 10.3. The first-order chi connectivity index (χ1) is 8.93. The van der Waals surface area contributed by atoms with Gasteiger partial charge < -0.3 is 20.8 Å². The van der Waals surface area contributed by atoms with Gasteiger partial charge in [0.15, 0.2) is 0 Å². The van der Waals surface area contributed by atoms with Crippen molar-refractivity contribution in [2.24, 2.45) is 0 Å². The number of terminal acetylenes is 1. The smallest absolute Gasteiger partial charge is 0.337 e. The number of urea groups is 1. The van der Waals surface area contributed by atoms with Crippen LogP contribution >= 0.6 is 0 Å². The van der Waals surface area contributed by atoms with Crippen LogP contribution in [0.1, 0.15) is 23.7 Å². The molecule has 0 aliphatic rings. The second-order valence-corrected chi connectivity index (χ2v) is 3.94. The Labute approximate surface area is 110 Å². The average molecular weight is 262 g/mol. The number of hydrogen-bond donors (Lipinski definition) is 4. The number of phenols is 1. The molecule has 4 N–H and O–H groups in total. The number of amides is 2. The van der Waals surface area contributed by atoms with Gasteiger partial charge >= 0.3 is 12.0 Å². The van der Waals surface area contributed by atoms with Crippen LogP contribution in [-0.4, -0.2) is 28.3 Å². The molecule has 1 aromatic rings. The van der Waals surface area contributed by atoms with Gasteiger partial charge in [-0.2, -0.15) is 0 Å². The van der Waals surface area contributed by atoms with E-state index in [1.807, 2.05) is 0 Å². The molecule has 1 unspecified atom stereocenters. The fourth-order valence-electron chi connectivity index (χ4n) is 1.43. The van der Waals surface area contributed by atoms with Gasteiger partial charge in [0.1, 0.15) is 5.75 Å². The summed E-state index contributed by atoms with van der Waals surface area (Å²) < 4.78 is 0. The average Bonchev–Trinajstić information content (AvgIpc) is 2.31. The number of carbonyl (C=O) groups is 2. The maximum Gasteiger partial charge on any atom is 0.337 e. The van der Waals surface area contributed by atoms with Gasteiger partial charge in [-0.25, -0.2) is 9.59 Å². The van der Waals surface area contributed by atoms with E-state index in [0.717, 1.165) is 6.07 Å². The van der Waals surface area contributed by atoms with E-state index in [1.54, 1.807) is 6.92 Å². The number of hydrogen-bond acceptors (Lipinski definition) is 3. The number of aromatic carboxylic acids is 1. The van der Waals surface area contributed by atoms with Crippen LogP contribution in [0.15, 0.2) is 18.2 Å². The highest BCUT2D eigenvalue weighted by molar-refractivity contribution is 6.00. The van der Waals surface area contributed by atoms with Crippen molar-refractivity contribution < 1.29 is 19.8 Å². The first-order valence-electron chi connectivity index (χ1n) is 5.51. The van der Waals surface area contributed by atoms with Gasteiger partial charge in [0.2, 0.25) is 0 Å². The van der Waals surface area contributed by atoms with Crippen molar-refractivity contribution in [1.82, 2.24) is 5.32 Å². The molecule has 100 valence electrons. The highest BCUT2D eigenvalue weighted by Gasteiger charge is 2.14. The molecule has 0 fully saturated rings. The highest BCUT2D eigenvalue weighted by atomic mass is 16.4. The van der Waals surface area contributed by atoms with Crippen molar-refractivity contribution in [2.75, 3.05) is 5.32 Å². The van der Waals surface area contributed by atoms with Crippen molar-refractivity contribution in [1.29, 1.82) is 0 Å². The van der Waals surface area contributed by atoms with Crippen LogP contribution in [0.5, 0.6) is 5.75 Å². The molecule has 1 aromatic carbocycles. The first-order valence-corrected chi connectivity index (χ1v) is 5.51. The molecule has 0 radical (unpaired) electrons. The number of rotatable bonds is 4. The van der Waals surface area contributed by atoms with Crippen molar-refractivity contribution in [3.63, 3.8) is 0 Å². The van der Waals surface area contributed by atoms with Crippen molar-refractivity contribution >= 4 is 17.7 Å². The van der Waals surface area contributed by atoms with E-state index in [-0.39, 0.29) is 23.0 Å². The number of anilines is 1. The normalized spacial score (nSPS) is 11.2. The summed E-state index contributed by atoms with van der Waals surface area (Å²) in [5.74, 6) is 0.966. The van der Waals surface area contributed by atoms with Crippen LogP contribution in [0.4, 0.5) is 10.5 Å². The minimum atomic E-state index is -1.25. The predicted octanol–water partition coefficient (Wildman–Crippen LogP) is 1.62. The molecule has 6 heteroatoms. The highest BCUT2D eigenvalue weighted by Crippen LogP contribution is 2.21. The van der Waals surface area contributed by atoms with Gasteiger partial charge in [0.05, 0.1) is 11.3 Å². The second kappa shape index (κ2) is 6.31. The summed E-state index contributed by atoms with van der Waals surface area (Å²) in [5, 5.41) is 23.1. The van der Waals surface area contributed by atoms with Crippen LogP contribution in [0.3, 0.4) is 0 Å². The lowest BCUT2D eigenvalue weighted by molar-refractivity contribution is 0.0697. The third-order valence-corrected chi connectivity index (χ3v) is 2.28. The molecule has 6 nitrogen and oxygen atoms in total. The number of aromatic hydroxyl groups is 1. The number of carbonyl (C=O) groups excluding carboxylic acids is 1. The molecule has 0 aliphatic heterocycles. The Morgan fingerprint density at radius 1 is 1.47 bits per heavy atom. The standard InChI is InChI=1S/C13H14N2O4/c1-3-4-8(2)14-13(19)15-11-6-5-9(16)7-10(11)12(17)18/h1,5-8,16H,4H2,2H3,(H,17,18)(H2,14,15,19). The summed E-state index contributed by atoms with van der Waals surface area (Å²) in [7, 11) is 0. The number of nitrogens with one attached hydrogen (secondary N) is 2. The number of carboxylic acids is 1. The first kappa shape index (κ1) is 14.4. The Bertz CT molecular complexity index is 534. The van der Waals surface area contributed by atoms with E-state index in [2.05, 4.69) is 16.6 Å². The van der Waals surface area contributed by atoms with Gasteiger partial charge in [-0.15, -0.1) is 12.3 Å². The van der Waals surface area contributed by atoms with E-state index in [1.165, 1.54) is 12.1 Å². The Hall–Kier alpha value is -2.68. The van der Waals surface area contributed by atoms with E-state index < -0.39 is 12.0 Å². The maximum absolute atomic E-state index is 11.6. The quantitative estimate of drug-likeness (QED) is 0.489. The fraction of sp³-hybridized carbons (Fsp3) is 0.231. The summed E-state index contributed by atoms with van der Waals surface area (Å²) in [4.78, 5) is 22.6. The third-order valence-electron chi connectivity index (χ3n) is 2.28. The zero-order valence-corrected chi connectivity index (χ0v) is 10.3. The summed E-state index contributed by atoms with van der Waals surface area (Å²) in [6, 6.07) is 2.87. The molecule has 1 rings (SSSR count). The molecular formula is C13H14N2O4. The van der Waals surface area contributed by atoms with Gasteiger partial charge in [-0.05, 0) is 25.1 Å². The molecule has 0 bridgehead atoms. The summed E-state index contributed by atoms with van der Waals surface area (Å²) in [6.07, 6.45) is 5.48. The lowest BCUT2D eigenvalue weighted by Gasteiger charge is -2.13. The number of phenolic OH excluding ortho intramolecular Hbond substituents is 1. The fourth-order valence-corrected chi connectivity index (χ4v) is 1.43. The van der Waals surface area contributed by atoms with Gasteiger partial charge in [-0.1, -0.05) is 0 Å². The molecule has 0 heterocycles. The largest absolute Gasteiger partial charge is 0.508 e. The molecular weight excluding hydrogens is 248 g/mol. The maximum atomic E-state index is 11.6. The Balaban J connectivity index is 2.80. The van der Waals surface area contributed by atoms with E-state index in [4.69, 9.17) is 11.5 Å². The molecule has 0 spiro atoms.